The average molecular weight is 224 g/mol. The van der Waals surface area contributed by atoms with E-state index in [1.54, 1.807) is 0 Å². The Kier molecular flexibility index (Phi) is 6.05. The van der Waals surface area contributed by atoms with Crippen molar-refractivity contribution in [1.82, 2.24) is 0 Å². The minimum absolute atomic E-state index is 0.388. The van der Waals surface area contributed by atoms with Gasteiger partial charge in [-0.1, -0.05) is 32.4 Å². The van der Waals surface area contributed by atoms with Gasteiger partial charge in [-0.2, -0.15) is 13.2 Å². The summed E-state index contributed by atoms with van der Waals surface area (Å²) in [6.45, 7) is 5.31. The molecule has 0 aliphatic heterocycles. The molecule has 2 nitrogen and oxygen atoms in total. The summed E-state index contributed by atoms with van der Waals surface area (Å²) in [4.78, 5) is 10.5. The van der Waals surface area contributed by atoms with E-state index in [-0.39, 0.29) is 0 Å². The molecular formula is C10H15F3O2. The first-order chi connectivity index (χ1) is 6.91. The maximum atomic E-state index is 11.8. The molecule has 0 spiro atoms. The zero-order chi connectivity index (χ0) is 11.9. The van der Waals surface area contributed by atoms with Crippen molar-refractivity contribution >= 4 is 5.97 Å². The van der Waals surface area contributed by atoms with E-state index < -0.39 is 18.2 Å². The fourth-order valence-corrected chi connectivity index (χ4v) is 1.02. The molecule has 0 aliphatic carbocycles. The Labute approximate surface area is 87.1 Å². The molecule has 0 rings (SSSR count). The molecule has 0 bridgehead atoms. The van der Waals surface area contributed by atoms with Crippen LogP contribution < -0.4 is 0 Å². The molecule has 0 aromatic carbocycles. The van der Waals surface area contributed by atoms with Crippen LogP contribution in [0.4, 0.5) is 13.2 Å². The lowest BCUT2D eigenvalue weighted by Gasteiger charge is -2.14. The van der Waals surface area contributed by atoms with Crippen molar-refractivity contribution in [1.29, 1.82) is 0 Å². The topological polar surface area (TPSA) is 26.3 Å². The number of rotatable bonds is 6. The lowest BCUT2D eigenvalue weighted by molar-refractivity contribution is -0.203. The van der Waals surface area contributed by atoms with Crippen LogP contribution in [0.1, 0.15) is 32.6 Å². The van der Waals surface area contributed by atoms with Crippen LogP contribution in [0.3, 0.4) is 0 Å². The van der Waals surface area contributed by atoms with Crippen molar-refractivity contribution in [2.24, 2.45) is 0 Å². The first kappa shape index (κ1) is 14.0. The lowest BCUT2D eigenvalue weighted by Crippen LogP contribution is -2.29. The van der Waals surface area contributed by atoms with E-state index in [1.165, 1.54) is 6.08 Å². The van der Waals surface area contributed by atoms with Crippen LogP contribution in [0.2, 0.25) is 0 Å². The highest BCUT2D eigenvalue weighted by atomic mass is 19.4. The minimum Gasteiger partial charge on any atom is -0.451 e. The van der Waals surface area contributed by atoms with Gasteiger partial charge in [-0.25, -0.2) is 4.79 Å². The number of ether oxygens (including phenoxy) is 1. The molecule has 0 radical (unpaired) electrons. The number of halogens is 3. The third kappa shape index (κ3) is 6.14. The van der Waals surface area contributed by atoms with Gasteiger partial charge in [0.05, 0.1) is 0 Å². The van der Waals surface area contributed by atoms with E-state index in [9.17, 15) is 18.0 Å². The standard InChI is InChI=1S/C10H15F3O2/c1-3-5-6-7-8(4-2)15-9(14)10(11,12)13/h4,8H,2-3,5-7H2,1H3/t8-/m1/s1. The Morgan fingerprint density at radius 3 is 2.47 bits per heavy atom. The fourth-order valence-electron chi connectivity index (χ4n) is 1.02. The van der Waals surface area contributed by atoms with Gasteiger partial charge in [0, 0.05) is 0 Å². The number of hydrogen-bond acceptors (Lipinski definition) is 2. The van der Waals surface area contributed by atoms with Crippen LogP contribution in [0.15, 0.2) is 12.7 Å². The predicted molar refractivity (Wildman–Crippen MR) is 50.3 cm³/mol. The molecule has 0 heterocycles. The summed E-state index contributed by atoms with van der Waals surface area (Å²) in [5.74, 6) is -2.15. The van der Waals surface area contributed by atoms with Crippen molar-refractivity contribution in [3.8, 4) is 0 Å². The average Bonchev–Trinajstić information content (AvgIpc) is 2.14. The minimum atomic E-state index is -4.92. The van der Waals surface area contributed by atoms with Crippen molar-refractivity contribution < 1.29 is 22.7 Å². The first-order valence-corrected chi connectivity index (χ1v) is 4.82. The van der Waals surface area contributed by atoms with Crippen LogP contribution in [0.25, 0.3) is 0 Å². The van der Waals surface area contributed by atoms with E-state index in [4.69, 9.17) is 0 Å². The van der Waals surface area contributed by atoms with Crippen molar-refractivity contribution in [2.75, 3.05) is 0 Å². The molecule has 0 aromatic rings. The second kappa shape index (κ2) is 6.48. The Morgan fingerprint density at radius 2 is 2.07 bits per heavy atom. The lowest BCUT2D eigenvalue weighted by atomic mass is 10.1. The van der Waals surface area contributed by atoms with Gasteiger partial charge in [0.2, 0.25) is 0 Å². The predicted octanol–water partition coefficient (Wildman–Crippen LogP) is 3.23. The highest BCUT2D eigenvalue weighted by Gasteiger charge is 2.41. The van der Waals surface area contributed by atoms with E-state index in [2.05, 4.69) is 11.3 Å². The molecule has 0 N–H and O–H groups in total. The zero-order valence-electron chi connectivity index (χ0n) is 8.64. The molecule has 15 heavy (non-hydrogen) atoms. The van der Waals surface area contributed by atoms with Gasteiger partial charge in [-0.05, 0) is 12.8 Å². The number of carbonyl (C=O) groups is 1. The van der Waals surface area contributed by atoms with Crippen molar-refractivity contribution in [3.63, 3.8) is 0 Å². The SMILES string of the molecule is C=C[C@H](CCCCC)OC(=O)C(F)(F)F. The summed E-state index contributed by atoms with van der Waals surface area (Å²) in [6, 6.07) is 0. The molecule has 0 aromatic heterocycles. The molecule has 0 saturated carbocycles. The molecule has 0 aliphatic rings. The summed E-state index contributed by atoms with van der Waals surface area (Å²) in [6.07, 6.45) is -1.58. The van der Waals surface area contributed by atoms with Gasteiger partial charge in [-0.3, -0.25) is 0 Å². The zero-order valence-corrected chi connectivity index (χ0v) is 8.64. The Bertz CT molecular complexity index is 211. The molecule has 0 unspecified atom stereocenters. The first-order valence-electron chi connectivity index (χ1n) is 4.82. The van der Waals surface area contributed by atoms with Gasteiger partial charge in [0.1, 0.15) is 6.10 Å². The van der Waals surface area contributed by atoms with E-state index in [0.29, 0.717) is 6.42 Å². The molecule has 5 heteroatoms. The van der Waals surface area contributed by atoms with Crippen LogP contribution in [0.5, 0.6) is 0 Å². The van der Waals surface area contributed by atoms with Gasteiger partial charge in [-0.15, -0.1) is 0 Å². The number of unbranched alkanes of at least 4 members (excludes halogenated alkanes) is 2. The third-order valence-corrected chi connectivity index (χ3v) is 1.84. The number of hydrogen-bond donors (Lipinski definition) is 0. The molecule has 1 atom stereocenters. The maximum absolute atomic E-state index is 11.8. The van der Waals surface area contributed by atoms with Crippen LogP contribution in [0, 0.1) is 0 Å². The van der Waals surface area contributed by atoms with Crippen molar-refractivity contribution in [3.05, 3.63) is 12.7 Å². The summed E-state index contributed by atoms with van der Waals surface area (Å²) in [5.41, 5.74) is 0. The summed E-state index contributed by atoms with van der Waals surface area (Å²) in [5, 5.41) is 0. The second-order valence-electron chi connectivity index (χ2n) is 3.17. The second-order valence-corrected chi connectivity index (χ2v) is 3.17. The number of alkyl halides is 3. The molecular weight excluding hydrogens is 209 g/mol. The smallest absolute Gasteiger partial charge is 0.451 e. The van der Waals surface area contributed by atoms with E-state index in [0.717, 1.165) is 19.3 Å². The van der Waals surface area contributed by atoms with Gasteiger partial charge < -0.3 is 4.74 Å². The summed E-state index contributed by atoms with van der Waals surface area (Å²) in [7, 11) is 0. The van der Waals surface area contributed by atoms with Gasteiger partial charge in [0.25, 0.3) is 0 Å². The maximum Gasteiger partial charge on any atom is 0.490 e. The monoisotopic (exact) mass is 224 g/mol. The highest BCUT2D eigenvalue weighted by molar-refractivity contribution is 5.75. The van der Waals surface area contributed by atoms with Crippen molar-refractivity contribution in [2.45, 2.75) is 44.9 Å². The molecule has 0 fully saturated rings. The normalized spacial score (nSPS) is 13.3. The third-order valence-electron chi connectivity index (χ3n) is 1.84. The van der Waals surface area contributed by atoms with Crippen LogP contribution in [-0.4, -0.2) is 18.2 Å². The summed E-state index contributed by atoms with van der Waals surface area (Å²) < 4.78 is 39.7. The Morgan fingerprint density at radius 1 is 1.47 bits per heavy atom. The molecule has 88 valence electrons. The number of carbonyl (C=O) groups excluding carboxylic acids is 1. The van der Waals surface area contributed by atoms with Crippen LogP contribution in [-0.2, 0) is 9.53 Å². The number of esters is 1. The summed E-state index contributed by atoms with van der Waals surface area (Å²) >= 11 is 0. The quantitative estimate of drug-likeness (QED) is 0.393. The molecule has 0 saturated heterocycles. The van der Waals surface area contributed by atoms with Gasteiger partial charge in [0.15, 0.2) is 0 Å². The molecule has 0 amide bonds. The van der Waals surface area contributed by atoms with Gasteiger partial charge >= 0.3 is 12.1 Å². The Hall–Kier alpha value is -1.00. The fraction of sp³-hybridized carbons (Fsp3) is 0.700. The Balaban J connectivity index is 3.99. The van der Waals surface area contributed by atoms with E-state index in [1.807, 2.05) is 6.92 Å². The van der Waals surface area contributed by atoms with Crippen LogP contribution >= 0.6 is 0 Å². The van der Waals surface area contributed by atoms with E-state index >= 15 is 0 Å². The highest BCUT2D eigenvalue weighted by Crippen LogP contribution is 2.19. The largest absolute Gasteiger partial charge is 0.490 e.